The molecule has 0 bridgehead atoms. The molecule has 4 rings (SSSR count). The molecule has 3 aromatic rings. The second kappa shape index (κ2) is 10.6. The highest BCUT2D eigenvalue weighted by Gasteiger charge is 2.24. The van der Waals surface area contributed by atoms with Gasteiger partial charge in [-0.25, -0.2) is 4.98 Å². The molecule has 10 heteroatoms. The van der Waals surface area contributed by atoms with E-state index < -0.39 is 10.8 Å². The number of nitro groups is 1. The van der Waals surface area contributed by atoms with Gasteiger partial charge in [-0.15, -0.1) is 0 Å². The molecule has 1 amide bonds. The van der Waals surface area contributed by atoms with Gasteiger partial charge in [0.05, 0.1) is 30.5 Å². The summed E-state index contributed by atoms with van der Waals surface area (Å²) >= 11 is 0. The first kappa shape index (κ1) is 23.0. The van der Waals surface area contributed by atoms with Crippen molar-refractivity contribution in [3.05, 3.63) is 76.6 Å². The number of rotatable bonds is 8. The minimum Gasteiger partial charge on any atom is -0.490 e. The molecule has 2 aromatic carbocycles. The molecule has 176 valence electrons. The van der Waals surface area contributed by atoms with Crippen LogP contribution in [0.5, 0.6) is 11.5 Å². The third-order valence-electron chi connectivity index (χ3n) is 5.35. The minimum absolute atomic E-state index is 0.0458. The van der Waals surface area contributed by atoms with E-state index in [2.05, 4.69) is 20.2 Å². The van der Waals surface area contributed by atoms with E-state index in [0.29, 0.717) is 30.5 Å². The Balaban J connectivity index is 1.42. The Bertz CT molecular complexity index is 1150. The van der Waals surface area contributed by atoms with Crippen LogP contribution < -0.4 is 19.7 Å². The molecular weight excluding hydrogens is 438 g/mol. The summed E-state index contributed by atoms with van der Waals surface area (Å²) in [5, 5.41) is 13.5. The van der Waals surface area contributed by atoms with Crippen molar-refractivity contribution in [2.24, 2.45) is 0 Å². The van der Waals surface area contributed by atoms with Crippen molar-refractivity contribution in [1.29, 1.82) is 0 Å². The lowest BCUT2D eigenvalue weighted by Gasteiger charge is -2.33. The summed E-state index contributed by atoms with van der Waals surface area (Å²) < 4.78 is 11.9. The van der Waals surface area contributed by atoms with E-state index in [1.807, 2.05) is 31.2 Å². The zero-order valence-electron chi connectivity index (χ0n) is 18.7. The van der Waals surface area contributed by atoms with Gasteiger partial charge in [-0.2, -0.15) is 0 Å². The van der Waals surface area contributed by atoms with Crippen molar-refractivity contribution in [2.45, 2.75) is 25.9 Å². The van der Waals surface area contributed by atoms with Gasteiger partial charge in [-0.05, 0) is 44.0 Å². The van der Waals surface area contributed by atoms with Crippen molar-refractivity contribution in [3.63, 3.8) is 0 Å². The maximum absolute atomic E-state index is 12.5. The van der Waals surface area contributed by atoms with E-state index in [9.17, 15) is 14.9 Å². The van der Waals surface area contributed by atoms with Crippen LogP contribution in [0.4, 0.5) is 17.3 Å². The Kier molecular flexibility index (Phi) is 7.16. The normalized spacial score (nSPS) is 15.4. The first-order valence-electron chi connectivity index (χ1n) is 11.0. The van der Waals surface area contributed by atoms with E-state index in [1.165, 1.54) is 30.5 Å². The van der Waals surface area contributed by atoms with Crippen LogP contribution in [-0.4, -0.2) is 46.6 Å². The van der Waals surface area contributed by atoms with E-state index >= 15 is 0 Å². The number of nitrogens with one attached hydrogen (secondary N) is 1. The molecule has 10 nitrogen and oxygen atoms in total. The number of anilines is 2. The Morgan fingerprint density at radius 3 is 2.68 bits per heavy atom. The summed E-state index contributed by atoms with van der Waals surface area (Å²) in [7, 11) is 0. The number of hydrogen-bond donors (Lipinski definition) is 1. The van der Waals surface area contributed by atoms with Crippen LogP contribution in [0.1, 0.15) is 30.1 Å². The predicted molar refractivity (Wildman–Crippen MR) is 127 cm³/mol. The molecule has 1 N–H and O–H groups in total. The number of hydrogen-bond acceptors (Lipinski definition) is 8. The van der Waals surface area contributed by atoms with Crippen LogP contribution in [0.2, 0.25) is 0 Å². The number of amides is 1. The van der Waals surface area contributed by atoms with Crippen LogP contribution in [0.3, 0.4) is 0 Å². The van der Waals surface area contributed by atoms with Gasteiger partial charge < -0.3 is 19.7 Å². The lowest BCUT2D eigenvalue weighted by Crippen LogP contribution is -2.41. The summed E-state index contributed by atoms with van der Waals surface area (Å²) in [6.07, 6.45) is 4.89. The number of non-ortho nitro benzene ring substituents is 1. The zero-order chi connectivity index (χ0) is 23.9. The third kappa shape index (κ3) is 5.58. The van der Waals surface area contributed by atoms with Crippen molar-refractivity contribution in [2.75, 3.05) is 29.9 Å². The molecular formula is C24H25N5O5. The van der Waals surface area contributed by atoms with Crippen LogP contribution in [0, 0.1) is 10.1 Å². The number of aromatic nitrogens is 2. The standard InChI is InChI=1S/C24H25N5O5/c1-2-33-20-7-3-4-8-21(20)34-19-6-5-13-28(16-19)23-15-25-14-22(26-23)27-24(30)17-9-11-18(12-10-17)29(31)32/h3-4,7-12,14-15,19H,2,5-6,13,16H2,1H3,(H,26,27,30)/t19-/m1/s1. The Morgan fingerprint density at radius 1 is 1.18 bits per heavy atom. The van der Waals surface area contributed by atoms with Gasteiger partial charge in [0.2, 0.25) is 0 Å². The quantitative estimate of drug-likeness (QED) is 0.392. The molecule has 1 aromatic heterocycles. The summed E-state index contributed by atoms with van der Waals surface area (Å²) in [6, 6.07) is 13.0. The maximum atomic E-state index is 12.5. The smallest absolute Gasteiger partial charge is 0.269 e. The van der Waals surface area contributed by atoms with Crippen LogP contribution in [0.15, 0.2) is 60.9 Å². The molecule has 34 heavy (non-hydrogen) atoms. The second-order valence-corrected chi connectivity index (χ2v) is 7.73. The highest BCUT2D eigenvalue weighted by Crippen LogP contribution is 2.30. The molecule has 0 radical (unpaired) electrons. The monoisotopic (exact) mass is 463 g/mol. The van der Waals surface area contributed by atoms with Crippen molar-refractivity contribution in [3.8, 4) is 11.5 Å². The molecule has 1 aliphatic rings. The largest absolute Gasteiger partial charge is 0.490 e. The molecule has 1 atom stereocenters. The van der Waals surface area contributed by atoms with Crippen LogP contribution >= 0.6 is 0 Å². The minimum atomic E-state index is -0.512. The predicted octanol–water partition coefficient (Wildman–Crippen LogP) is 4.08. The molecule has 2 heterocycles. The number of carbonyl (C=O) groups excluding carboxylic acids is 1. The third-order valence-corrected chi connectivity index (χ3v) is 5.35. The van der Waals surface area contributed by atoms with Crippen LogP contribution in [0.25, 0.3) is 0 Å². The SMILES string of the molecule is CCOc1ccccc1O[C@@H]1CCCN(c2cncc(NC(=O)c3ccc([N+](=O)[O-])cc3)n2)C1. The number of piperidine rings is 1. The summed E-state index contributed by atoms with van der Waals surface area (Å²) in [4.78, 5) is 33.7. The summed E-state index contributed by atoms with van der Waals surface area (Å²) in [5.74, 6) is 1.94. The highest BCUT2D eigenvalue weighted by atomic mass is 16.6. The molecule has 0 unspecified atom stereocenters. The maximum Gasteiger partial charge on any atom is 0.269 e. The molecule has 1 aliphatic heterocycles. The van der Waals surface area contributed by atoms with E-state index in [4.69, 9.17) is 9.47 Å². The fourth-order valence-electron chi connectivity index (χ4n) is 3.74. The number of carbonyl (C=O) groups is 1. The van der Waals surface area contributed by atoms with Crippen LogP contribution in [-0.2, 0) is 0 Å². The lowest BCUT2D eigenvalue weighted by atomic mass is 10.1. The fourth-order valence-corrected chi connectivity index (χ4v) is 3.74. The molecule has 1 fully saturated rings. The zero-order valence-corrected chi connectivity index (χ0v) is 18.7. The number of para-hydroxylation sites is 2. The van der Waals surface area contributed by atoms with E-state index in [1.54, 1.807) is 6.20 Å². The van der Waals surface area contributed by atoms with Gasteiger partial charge in [-0.1, -0.05) is 12.1 Å². The highest BCUT2D eigenvalue weighted by molar-refractivity contribution is 6.03. The average Bonchev–Trinajstić information content (AvgIpc) is 2.86. The van der Waals surface area contributed by atoms with Crippen molar-refractivity contribution < 1.29 is 19.2 Å². The fraction of sp³-hybridized carbons (Fsp3) is 0.292. The first-order valence-corrected chi connectivity index (χ1v) is 11.0. The first-order chi connectivity index (χ1) is 16.5. The van der Waals surface area contributed by atoms with Gasteiger partial charge in [0, 0.05) is 24.2 Å². The Morgan fingerprint density at radius 2 is 1.94 bits per heavy atom. The Hall–Kier alpha value is -4.21. The molecule has 1 saturated heterocycles. The van der Waals surface area contributed by atoms with Crippen molar-refractivity contribution >= 4 is 23.2 Å². The second-order valence-electron chi connectivity index (χ2n) is 7.73. The summed E-state index contributed by atoms with van der Waals surface area (Å²) in [5.41, 5.74) is 0.210. The Labute approximate surface area is 196 Å². The van der Waals surface area contributed by atoms with E-state index in [0.717, 1.165) is 25.1 Å². The number of nitro benzene ring substituents is 1. The van der Waals surface area contributed by atoms with E-state index in [-0.39, 0.29) is 17.4 Å². The summed E-state index contributed by atoms with van der Waals surface area (Å²) in [6.45, 7) is 3.91. The van der Waals surface area contributed by atoms with Gasteiger partial charge in [0.1, 0.15) is 11.9 Å². The average molecular weight is 463 g/mol. The van der Waals surface area contributed by atoms with Gasteiger partial charge in [0.15, 0.2) is 17.3 Å². The molecule has 0 saturated carbocycles. The lowest BCUT2D eigenvalue weighted by molar-refractivity contribution is -0.384. The topological polar surface area (TPSA) is 120 Å². The molecule has 0 spiro atoms. The molecule has 0 aliphatic carbocycles. The number of ether oxygens (including phenoxy) is 2. The number of nitrogens with zero attached hydrogens (tertiary/aromatic N) is 4. The van der Waals surface area contributed by atoms with Gasteiger partial charge in [-0.3, -0.25) is 19.9 Å². The van der Waals surface area contributed by atoms with Crippen molar-refractivity contribution in [1.82, 2.24) is 9.97 Å². The van der Waals surface area contributed by atoms with Gasteiger partial charge >= 0.3 is 0 Å². The van der Waals surface area contributed by atoms with Gasteiger partial charge in [0.25, 0.3) is 11.6 Å². The number of benzene rings is 2.